The summed E-state index contributed by atoms with van der Waals surface area (Å²) in [5.41, 5.74) is 0. The van der Waals surface area contributed by atoms with E-state index >= 15 is 0 Å². The summed E-state index contributed by atoms with van der Waals surface area (Å²) in [5, 5.41) is 0. The van der Waals surface area contributed by atoms with Gasteiger partial charge in [-0.15, -0.1) is 0 Å². The van der Waals surface area contributed by atoms with Crippen molar-refractivity contribution < 1.29 is 19.1 Å². The summed E-state index contributed by atoms with van der Waals surface area (Å²) in [5.74, 6) is -1.25. The van der Waals surface area contributed by atoms with E-state index in [0.717, 1.165) is 0 Å². The van der Waals surface area contributed by atoms with Gasteiger partial charge in [0.2, 0.25) is 0 Å². The van der Waals surface area contributed by atoms with Crippen LogP contribution < -0.4 is 0 Å². The minimum Gasteiger partial charge on any atom is -0.388 e. The standard InChI is InChI=1S/C7H8O4/c1-2-3-6(8)11-7(9)5-4-10-5/h2-3,5H,4H2,1H3/b3-2+. The molecular weight excluding hydrogens is 148 g/mol. The zero-order valence-electron chi connectivity index (χ0n) is 6.07. The van der Waals surface area contributed by atoms with Crippen LogP contribution in [0, 0.1) is 0 Å². The molecule has 0 spiro atoms. The summed E-state index contributed by atoms with van der Waals surface area (Å²) < 4.78 is 8.92. The number of hydrogen-bond donors (Lipinski definition) is 0. The van der Waals surface area contributed by atoms with Crippen LogP contribution in [0.15, 0.2) is 12.2 Å². The lowest BCUT2D eigenvalue weighted by Gasteiger charge is -1.93. The van der Waals surface area contributed by atoms with Crippen molar-refractivity contribution in [2.45, 2.75) is 13.0 Å². The van der Waals surface area contributed by atoms with Crippen molar-refractivity contribution in [3.05, 3.63) is 12.2 Å². The van der Waals surface area contributed by atoms with Gasteiger partial charge in [0.1, 0.15) is 0 Å². The SMILES string of the molecule is C/C=C/C(=O)OC(=O)C1CO1. The van der Waals surface area contributed by atoms with E-state index in [0.29, 0.717) is 6.61 Å². The Morgan fingerprint density at radius 1 is 1.64 bits per heavy atom. The minimum atomic E-state index is -0.645. The Hall–Kier alpha value is -1.16. The number of hydrogen-bond acceptors (Lipinski definition) is 4. The van der Waals surface area contributed by atoms with Gasteiger partial charge in [-0.1, -0.05) is 6.08 Å². The van der Waals surface area contributed by atoms with E-state index in [1.807, 2.05) is 0 Å². The Morgan fingerprint density at radius 3 is 2.73 bits per heavy atom. The number of epoxide rings is 1. The van der Waals surface area contributed by atoms with Crippen LogP contribution in [-0.2, 0) is 19.1 Å². The fourth-order valence-corrected chi connectivity index (χ4v) is 0.519. The Morgan fingerprint density at radius 2 is 2.27 bits per heavy atom. The van der Waals surface area contributed by atoms with E-state index in [4.69, 9.17) is 0 Å². The molecule has 1 rings (SSSR count). The lowest BCUT2D eigenvalue weighted by atomic mass is 10.5. The first-order chi connectivity index (χ1) is 5.24. The van der Waals surface area contributed by atoms with Gasteiger partial charge in [0.25, 0.3) is 0 Å². The molecule has 0 aromatic carbocycles. The van der Waals surface area contributed by atoms with Gasteiger partial charge >= 0.3 is 11.9 Å². The number of allylic oxidation sites excluding steroid dienone is 1. The monoisotopic (exact) mass is 156 g/mol. The average Bonchev–Trinajstić information content (AvgIpc) is 2.67. The van der Waals surface area contributed by atoms with E-state index < -0.39 is 18.0 Å². The maximum Gasteiger partial charge on any atom is 0.345 e. The van der Waals surface area contributed by atoms with Crippen LogP contribution >= 0.6 is 0 Å². The Balaban J connectivity index is 2.28. The maximum absolute atomic E-state index is 10.7. The maximum atomic E-state index is 10.7. The summed E-state index contributed by atoms with van der Waals surface area (Å²) in [6.07, 6.45) is 2.17. The number of ether oxygens (including phenoxy) is 2. The van der Waals surface area contributed by atoms with Crippen molar-refractivity contribution in [2.24, 2.45) is 0 Å². The molecule has 0 aromatic rings. The molecule has 0 saturated carbocycles. The van der Waals surface area contributed by atoms with Gasteiger partial charge in [0, 0.05) is 6.08 Å². The zero-order chi connectivity index (χ0) is 8.27. The molecule has 1 fully saturated rings. The molecule has 60 valence electrons. The molecule has 0 aromatic heterocycles. The van der Waals surface area contributed by atoms with Gasteiger partial charge in [-0.3, -0.25) is 0 Å². The molecule has 4 nitrogen and oxygen atoms in total. The number of rotatable bonds is 2. The second-order valence-corrected chi connectivity index (χ2v) is 2.06. The molecule has 1 saturated heterocycles. The highest BCUT2D eigenvalue weighted by Gasteiger charge is 2.34. The van der Waals surface area contributed by atoms with Gasteiger partial charge in [-0.2, -0.15) is 0 Å². The van der Waals surface area contributed by atoms with Crippen LogP contribution in [0.5, 0.6) is 0 Å². The lowest BCUT2D eigenvalue weighted by molar-refractivity contribution is -0.157. The molecule has 0 amide bonds. The summed E-state index contributed by atoms with van der Waals surface area (Å²) in [7, 11) is 0. The van der Waals surface area contributed by atoms with E-state index in [1.54, 1.807) is 6.92 Å². The summed E-state index contributed by atoms with van der Waals surface area (Å²) >= 11 is 0. The van der Waals surface area contributed by atoms with Crippen LogP contribution in [-0.4, -0.2) is 24.6 Å². The molecule has 0 N–H and O–H groups in total. The predicted molar refractivity (Wildman–Crippen MR) is 35.7 cm³/mol. The second-order valence-electron chi connectivity index (χ2n) is 2.06. The molecule has 1 aliphatic heterocycles. The molecule has 11 heavy (non-hydrogen) atoms. The van der Waals surface area contributed by atoms with Crippen molar-refractivity contribution >= 4 is 11.9 Å². The van der Waals surface area contributed by atoms with Gasteiger partial charge in [-0.05, 0) is 6.92 Å². The topological polar surface area (TPSA) is 55.9 Å². The first-order valence-corrected chi connectivity index (χ1v) is 3.24. The first-order valence-electron chi connectivity index (χ1n) is 3.24. The summed E-state index contributed by atoms with van der Waals surface area (Å²) in [6.45, 7) is 2.03. The van der Waals surface area contributed by atoms with Gasteiger partial charge in [0.05, 0.1) is 6.61 Å². The number of esters is 2. The van der Waals surface area contributed by atoms with Crippen LogP contribution in [0.4, 0.5) is 0 Å². The molecule has 0 radical (unpaired) electrons. The Kier molecular flexibility index (Phi) is 2.38. The molecular formula is C7H8O4. The van der Waals surface area contributed by atoms with Gasteiger partial charge in [0.15, 0.2) is 6.10 Å². The third-order valence-electron chi connectivity index (χ3n) is 1.10. The van der Waals surface area contributed by atoms with E-state index in [-0.39, 0.29) is 0 Å². The van der Waals surface area contributed by atoms with E-state index in [1.165, 1.54) is 12.2 Å². The minimum absolute atomic E-state index is 0.363. The average molecular weight is 156 g/mol. The summed E-state index contributed by atoms with van der Waals surface area (Å²) in [4.78, 5) is 21.3. The van der Waals surface area contributed by atoms with Gasteiger partial charge in [-0.25, -0.2) is 9.59 Å². The number of carbonyl (C=O) groups is 2. The van der Waals surface area contributed by atoms with Crippen molar-refractivity contribution in [1.29, 1.82) is 0 Å². The number of carbonyl (C=O) groups excluding carboxylic acids is 2. The smallest absolute Gasteiger partial charge is 0.345 e. The van der Waals surface area contributed by atoms with Crippen molar-refractivity contribution in [3.8, 4) is 0 Å². The van der Waals surface area contributed by atoms with E-state index in [9.17, 15) is 9.59 Å². The summed E-state index contributed by atoms with van der Waals surface area (Å²) in [6, 6.07) is 0. The predicted octanol–water partition coefficient (Wildman–Crippen LogP) is 0.0311. The molecule has 0 aliphatic carbocycles. The first kappa shape index (κ1) is 7.94. The van der Waals surface area contributed by atoms with Crippen molar-refractivity contribution in [1.82, 2.24) is 0 Å². The van der Waals surface area contributed by atoms with Crippen molar-refractivity contribution in [2.75, 3.05) is 6.61 Å². The highest BCUT2D eigenvalue weighted by molar-refractivity contribution is 5.94. The zero-order valence-corrected chi connectivity index (χ0v) is 6.07. The van der Waals surface area contributed by atoms with E-state index in [2.05, 4.69) is 9.47 Å². The Labute approximate surface area is 63.8 Å². The molecule has 1 unspecified atom stereocenters. The third kappa shape index (κ3) is 2.51. The molecule has 1 atom stereocenters. The normalized spacial score (nSPS) is 21.7. The largest absolute Gasteiger partial charge is 0.388 e. The van der Waals surface area contributed by atoms with Crippen LogP contribution in [0.1, 0.15) is 6.92 Å². The van der Waals surface area contributed by atoms with Gasteiger partial charge < -0.3 is 9.47 Å². The highest BCUT2D eigenvalue weighted by atomic mass is 16.6. The third-order valence-corrected chi connectivity index (χ3v) is 1.10. The molecule has 4 heteroatoms. The van der Waals surface area contributed by atoms with Crippen LogP contribution in [0.3, 0.4) is 0 Å². The molecule has 0 bridgehead atoms. The lowest BCUT2D eigenvalue weighted by Crippen LogP contribution is -2.15. The Bertz CT molecular complexity index is 202. The fraction of sp³-hybridized carbons (Fsp3) is 0.429. The highest BCUT2D eigenvalue weighted by Crippen LogP contribution is 2.10. The quantitative estimate of drug-likeness (QED) is 0.245. The van der Waals surface area contributed by atoms with Crippen LogP contribution in [0.2, 0.25) is 0 Å². The molecule has 1 aliphatic rings. The molecule has 1 heterocycles. The second kappa shape index (κ2) is 3.30. The van der Waals surface area contributed by atoms with Crippen molar-refractivity contribution in [3.63, 3.8) is 0 Å². The fourth-order valence-electron chi connectivity index (χ4n) is 0.519. The van der Waals surface area contributed by atoms with Crippen LogP contribution in [0.25, 0.3) is 0 Å².